The number of likely N-dealkylation sites (tertiary alicyclic amines) is 1. The SMILES string of the molecule is COc1ccc2c(c1)OC[C@H](C(=O)N1CC[C@@H](c3ccccc3)[C@H]1C)C2. The van der Waals surface area contributed by atoms with Gasteiger partial charge >= 0.3 is 0 Å². The molecular formula is C22H25NO3. The summed E-state index contributed by atoms with van der Waals surface area (Å²) < 4.78 is 11.1. The molecular weight excluding hydrogens is 326 g/mol. The zero-order valence-electron chi connectivity index (χ0n) is 15.4. The van der Waals surface area contributed by atoms with Crippen LogP contribution in [0.4, 0.5) is 0 Å². The molecule has 136 valence electrons. The fraction of sp³-hybridized carbons (Fsp3) is 0.409. The maximum Gasteiger partial charge on any atom is 0.229 e. The van der Waals surface area contributed by atoms with Gasteiger partial charge in [-0.15, -0.1) is 0 Å². The molecule has 0 aromatic heterocycles. The number of hydrogen-bond acceptors (Lipinski definition) is 3. The van der Waals surface area contributed by atoms with E-state index in [1.807, 2.05) is 24.3 Å². The van der Waals surface area contributed by atoms with Crippen molar-refractivity contribution in [2.24, 2.45) is 5.92 Å². The average molecular weight is 351 g/mol. The second-order valence-corrected chi connectivity index (χ2v) is 7.26. The van der Waals surface area contributed by atoms with Crippen molar-refractivity contribution in [1.82, 2.24) is 4.90 Å². The van der Waals surface area contributed by atoms with Crippen LogP contribution in [0.25, 0.3) is 0 Å². The number of amides is 1. The molecule has 4 rings (SSSR count). The van der Waals surface area contributed by atoms with Crippen LogP contribution in [-0.2, 0) is 11.2 Å². The van der Waals surface area contributed by atoms with E-state index in [1.165, 1.54) is 5.56 Å². The molecule has 2 aliphatic heterocycles. The molecule has 0 N–H and O–H groups in total. The third-order valence-electron chi connectivity index (χ3n) is 5.80. The van der Waals surface area contributed by atoms with Gasteiger partial charge in [-0.2, -0.15) is 0 Å². The van der Waals surface area contributed by atoms with Gasteiger partial charge in [-0.1, -0.05) is 36.4 Å². The Morgan fingerprint density at radius 3 is 2.77 bits per heavy atom. The number of rotatable bonds is 3. The van der Waals surface area contributed by atoms with Crippen LogP contribution in [0.5, 0.6) is 11.5 Å². The molecule has 1 amide bonds. The highest BCUT2D eigenvalue weighted by molar-refractivity contribution is 5.80. The third-order valence-corrected chi connectivity index (χ3v) is 5.80. The summed E-state index contributed by atoms with van der Waals surface area (Å²) in [6.07, 6.45) is 1.76. The second kappa shape index (κ2) is 7.02. The van der Waals surface area contributed by atoms with Crippen LogP contribution in [0.1, 0.15) is 30.4 Å². The van der Waals surface area contributed by atoms with Gasteiger partial charge < -0.3 is 14.4 Å². The molecule has 2 heterocycles. The van der Waals surface area contributed by atoms with Gasteiger partial charge in [-0.25, -0.2) is 0 Å². The first-order valence-corrected chi connectivity index (χ1v) is 9.32. The molecule has 26 heavy (non-hydrogen) atoms. The van der Waals surface area contributed by atoms with E-state index in [9.17, 15) is 4.79 Å². The van der Waals surface area contributed by atoms with Gasteiger partial charge in [0, 0.05) is 24.6 Å². The summed E-state index contributed by atoms with van der Waals surface area (Å²) in [5, 5.41) is 0. The standard InChI is InChI=1S/C22H25NO3/c1-15-20(16-6-4-3-5-7-16)10-11-23(15)22(24)18-12-17-8-9-19(25-2)13-21(17)26-14-18/h3-9,13,15,18,20H,10-12,14H2,1-2H3/t15-,18-,20-/m1/s1. The number of methoxy groups -OCH3 is 1. The van der Waals surface area contributed by atoms with Crippen LogP contribution in [0.15, 0.2) is 48.5 Å². The fourth-order valence-electron chi connectivity index (χ4n) is 4.27. The molecule has 1 fully saturated rings. The molecule has 1 saturated heterocycles. The Kier molecular flexibility index (Phi) is 4.58. The predicted octanol–water partition coefficient (Wildman–Crippen LogP) is 3.65. The normalized spacial score (nSPS) is 24.7. The van der Waals surface area contributed by atoms with Gasteiger partial charge in [0.25, 0.3) is 0 Å². The maximum absolute atomic E-state index is 13.1. The lowest BCUT2D eigenvalue weighted by molar-refractivity contribution is -0.137. The Morgan fingerprint density at radius 2 is 2.00 bits per heavy atom. The van der Waals surface area contributed by atoms with Crippen molar-refractivity contribution in [3.8, 4) is 11.5 Å². The highest BCUT2D eigenvalue weighted by atomic mass is 16.5. The number of nitrogens with zero attached hydrogens (tertiary/aromatic N) is 1. The van der Waals surface area contributed by atoms with Crippen molar-refractivity contribution in [3.63, 3.8) is 0 Å². The van der Waals surface area contributed by atoms with Gasteiger partial charge in [0.05, 0.1) is 13.0 Å². The van der Waals surface area contributed by atoms with Gasteiger partial charge in [0.2, 0.25) is 5.91 Å². The number of carbonyl (C=O) groups is 1. The highest BCUT2D eigenvalue weighted by Crippen LogP contribution is 2.36. The molecule has 0 bridgehead atoms. The first kappa shape index (κ1) is 17.0. The Balaban J connectivity index is 1.46. The van der Waals surface area contributed by atoms with E-state index < -0.39 is 0 Å². The fourth-order valence-corrected chi connectivity index (χ4v) is 4.27. The van der Waals surface area contributed by atoms with Crippen LogP contribution in [0, 0.1) is 5.92 Å². The van der Waals surface area contributed by atoms with E-state index in [4.69, 9.17) is 9.47 Å². The van der Waals surface area contributed by atoms with Crippen molar-refractivity contribution < 1.29 is 14.3 Å². The minimum absolute atomic E-state index is 0.104. The minimum Gasteiger partial charge on any atom is -0.497 e. The van der Waals surface area contributed by atoms with E-state index in [0.29, 0.717) is 12.5 Å². The summed E-state index contributed by atoms with van der Waals surface area (Å²) in [6, 6.07) is 16.6. The quantitative estimate of drug-likeness (QED) is 0.847. The summed E-state index contributed by atoms with van der Waals surface area (Å²) in [5.74, 6) is 2.16. The molecule has 0 aliphatic carbocycles. The zero-order chi connectivity index (χ0) is 18.1. The monoisotopic (exact) mass is 351 g/mol. The molecule has 0 spiro atoms. The van der Waals surface area contributed by atoms with Gasteiger partial charge in [0.15, 0.2) is 0 Å². The van der Waals surface area contributed by atoms with Crippen LogP contribution >= 0.6 is 0 Å². The Bertz CT molecular complexity index is 789. The summed E-state index contributed by atoms with van der Waals surface area (Å²) >= 11 is 0. The molecule has 2 aromatic carbocycles. The molecule has 4 nitrogen and oxygen atoms in total. The Labute approximate surface area is 154 Å². The van der Waals surface area contributed by atoms with E-state index >= 15 is 0 Å². The molecule has 4 heteroatoms. The first-order chi connectivity index (χ1) is 12.7. The molecule has 2 aromatic rings. The molecule has 3 atom stereocenters. The van der Waals surface area contributed by atoms with Crippen molar-refractivity contribution in [1.29, 1.82) is 0 Å². The number of carbonyl (C=O) groups excluding carboxylic acids is 1. The van der Waals surface area contributed by atoms with Gasteiger partial charge in [-0.3, -0.25) is 4.79 Å². The van der Waals surface area contributed by atoms with Crippen molar-refractivity contribution in [3.05, 3.63) is 59.7 Å². The Morgan fingerprint density at radius 1 is 1.19 bits per heavy atom. The van der Waals surface area contributed by atoms with Crippen LogP contribution in [0.3, 0.4) is 0 Å². The molecule has 2 aliphatic rings. The van der Waals surface area contributed by atoms with E-state index in [-0.39, 0.29) is 17.9 Å². The topological polar surface area (TPSA) is 38.8 Å². The molecule has 0 saturated carbocycles. The lowest BCUT2D eigenvalue weighted by Crippen LogP contribution is -2.43. The maximum atomic E-state index is 13.1. The summed E-state index contributed by atoms with van der Waals surface area (Å²) in [7, 11) is 1.65. The second-order valence-electron chi connectivity index (χ2n) is 7.26. The van der Waals surface area contributed by atoms with E-state index in [0.717, 1.165) is 36.4 Å². The summed E-state index contributed by atoms with van der Waals surface area (Å²) in [4.78, 5) is 15.2. The lowest BCUT2D eigenvalue weighted by atomic mass is 9.92. The van der Waals surface area contributed by atoms with Gasteiger partial charge in [0.1, 0.15) is 18.1 Å². The van der Waals surface area contributed by atoms with E-state index in [2.05, 4.69) is 36.1 Å². The number of benzene rings is 2. The summed E-state index contributed by atoms with van der Waals surface area (Å²) in [5.41, 5.74) is 2.41. The number of ether oxygens (including phenoxy) is 2. The summed E-state index contributed by atoms with van der Waals surface area (Å²) in [6.45, 7) is 3.44. The minimum atomic E-state index is -0.104. The van der Waals surface area contributed by atoms with Crippen LogP contribution in [-0.4, -0.2) is 37.1 Å². The predicted molar refractivity (Wildman–Crippen MR) is 101 cm³/mol. The van der Waals surface area contributed by atoms with Crippen LogP contribution < -0.4 is 9.47 Å². The Hall–Kier alpha value is -2.49. The first-order valence-electron chi connectivity index (χ1n) is 9.32. The highest BCUT2D eigenvalue weighted by Gasteiger charge is 2.38. The number of fused-ring (bicyclic) bond motifs is 1. The van der Waals surface area contributed by atoms with Crippen LogP contribution in [0.2, 0.25) is 0 Å². The lowest BCUT2D eigenvalue weighted by Gasteiger charge is -2.31. The third kappa shape index (κ3) is 3.05. The van der Waals surface area contributed by atoms with Crippen molar-refractivity contribution in [2.45, 2.75) is 31.7 Å². The average Bonchev–Trinajstić information content (AvgIpc) is 3.08. The van der Waals surface area contributed by atoms with Crippen molar-refractivity contribution in [2.75, 3.05) is 20.3 Å². The largest absolute Gasteiger partial charge is 0.497 e. The van der Waals surface area contributed by atoms with Crippen molar-refractivity contribution >= 4 is 5.91 Å². The smallest absolute Gasteiger partial charge is 0.229 e. The molecule has 0 radical (unpaired) electrons. The van der Waals surface area contributed by atoms with Gasteiger partial charge in [-0.05, 0) is 37.0 Å². The molecule has 0 unspecified atom stereocenters. The zero-order valence-corrected chi connectivity index (χ0v) is 15.4. The number of hydrogen-bond donors (Lipinski definition) is 0. The van der Waals surface area contributed by atoms with E-state index in [1.54, 1.807) is 7.11 Å².